The highest BCUT2D eigenvalue weighted by Gasteiger charge is 2.19. The zero-order valence-corrected chi connectivity index (χ0v) is 15.4. The van der Waals surface area contributed by atoms with E-state index in [0.717, 1.165) is 23.1 Å². The van der Waals surface area contributed by atoms with Gasteiger partial charge in [0.2, 0.25) is 0 Å². The highest BCUT2D eigenvalue weighted by Crippen LogP contribution is 2.31. The van der Waals surface area contributed by atoms with E-state index in [1.807, 2.05) is 30.3 Å². The van der Waals surface area contributed by atoms with Crippen LogP contribution in [-0.2, 0) is 24.2 Å². The van der Waals surface area contributed by atoms with Gasteiger partial charge < -0.3 is 4.74 Å². The average molecular weight is 382 g/mol. The number of rotatable bonds is 3. The van der Waals surface area contributed by atoms with Gasteiger partial charge in [-0.15, -0.1) is 11.3 Å². The summed E-state index contributed by atoms with van der Waals surface area (Å²) in [5, 5.41) is 0. The molecule has 0 bridgehead atoms. The fourth-order valence-electron chi connectivity index (χ4n) is 3.34. The number of hydrogen-bond donors (Lipinski definition) is 0. The van der Waals surface area contributed by atoms with Crippen molar-refractivity contribution in [2.75, 3.05) is 0 Å². The van der Waals surface area contributed by atoms with Crippen molar-refractivity contribution in [3.63, 3.8) is 0 Å². The Morgan fingerprint density at radius 2 is 2.08 bits per heavy atom. The number of thiazole rings is 1. The summed E-state index contributed by atoms with van der Waals surface area (Å²) in [6.07, 6.45) is 3.26. The highest BCUT2D eigenvalue weighted by atomic mass is 32.1. The molecule has 7 heteroatoms. The predicted molar refractivity (Wildman–Crippen MR) is 102 cm³/mol. The lowest BCUT2D eigenvalue weighted by molar-refractivity contribution is 0.0473. The van der Waals surface area contributed by atoms with E-state index in [1.54, 1.807) is 4.40 Å². The Morgan fingerprint density at radius 1 is 1.19 bits per heavy atom. The van der Waals surface area contributed by atoms with Crippen LogP contribution in [0.25, 0.3) is 15.2 Å². The van der Waals surface area contributed by atoms with Crippen LogP contribution in [0, 0.1) is 0 Å². The van der Waals surface area contributed by atoms with Gasteiger partial charge in [0.25, 0.3) is 5.56 Å². The molecular formula is C19H14N2O3S2. The summed E-state index contributed by atoms with van der Waals surface area (Å²) in [5.41, 5.74) is 2.43. The number of aromatic nitrogens is 2. The minimum atomic E-state index is -0.345. The lowest BCUT2D eigenvalue weighted by atomic mass is 10.2. The first-order chi connectivity index (χ1) is 12.7. The normalized spacial score (nSPS) is 13.4. The second-order valence-corrected chi connectivity index (χ2v) is 8.41. The van der Waals surface area contributed by atoms with Crippen molar-refractivity contribution >= 4 is 43.8 Å². The number of carbonyl (C=O) groups is 1. The third-order valence-corrected chi connectivity index (χ3v) is 6.79. The number of para-hydroxylation sites is 1. The maximum atomic E-state index is 12.5. The van der Waals surface area contributed by atoms with Gasteiger partial charge in [0.1, 0.15) is 11.5 Å². The van der Waals surface area contributed by atoms with Gasteiger partial charge in [-0.1, -0.05) is 23.5 Å². The molecule has 1 aromatic carbocycles. The van der Waals surface area contributed by atoms with E-state index < -0.39 is 0 Å². The molecule has 0 aliphatic heterocycles. The summed E-state index contributed by atoms with van der Waals surface area (Å²) in [5.74, 6) is -0.345. The van der Waals surface area contributed by atoms with E-state index in [9.17, 15) is 9.59 Å². The molecule has 3 aromatic heterocycles. The summed E-state index contributed by atoms with van der Waals surface area (Å²) in [7, 11) is 0. The SMILES string of the molecule is O=C(OCc1cc(=O)n2c(n1)sc1ccccc12)c1cc2c(s1)CCC2. The Morgan fingerprint density at radius 3 is 2.96 bits per heavy atom. The van der Waals surface area contributed by atoms with Crippen LogP contribution in [0.1, 0.15) is 32.2 Å². The Balaban J connectivity index is 1.41. The van der Waals surface area contributed by atoms with Crippen LogP contribution in [0.4, 0.5) is 0 Å². The second kappa shape index (κ2) is 6.03. The van der Waals surface area contributed by atoms with Gasteiger partial charge in [-0.3, -0.25) is 9.20 Å². The summed E-state index contributed by atoms with van der Waals surface area (Å²) < 4.78 is 7.99. The summed E-state index contributed by atoms with van der Waals surface area (Å²) >= 11 is 2.97. The number of carbonyl (C=O) groups excluding carboxylic acids is 1. The third kappa shape index (κ3) is 2.55. The van der Waals surface area contributed by atoms with Gasteiger partial charge in [0.15, 0.2) is 4.96 Å². The van der Waals surface area contributed by atoms with E-state index in [-0.39, 0.29) is 18.1 Å². The van der Waals surface area contributed by atoms with E-state index >= 15 is 0 Å². The van der Waals surface area contributed by atoms with Crippen LogP contribution in [0.3, 0.4) is 0 Å². The number of esters is 1. The zero-order valence-electron chi connectivity index (χ0n) is 13.7. The molecule has 0 saturated heterocycles. The summed E-state index contributed by atoms with van der Waals surface area (Å²) in [4.78, 5) is 31.8. The standard InChI is InChI=1S/C19H14N2O3S2/c22-17-9-12(20-19-21(17)13-5-1-2-6-15(13)26-19)10-24-18(23)16-8-11-4-3-7-14(11)25-16/h1-2,5-6,8-9H,3-4,7,10H2. The number of thiophene rings is 1. The molecule has 0 atom stereocenters. The van der Waals surface area contributed by atoms with Gasteiger partial charge in [-0.05, 0) is 43.0 Å². The van der Waals surface area contributed by atoms with E-state index in [2.05, 4.69) is 4.98 Å². The van der Waals surface area contributed by atoms with Crippen molar-refractivity contribution < 1.29 is 9.53 Å². The fourth-order valence-corrected chi connectivity index (χ4v) is 5.53. The molecule has 0 unspecified atom stereocenters. The van der Waals surface area contributed by atoms with Crippen LogP contribution in [-0.4, -0.2) is 15.4 Å². The number of fused-ring (bicyclic) bond motifs is 4. The van der Waals surface area contributed by atoms with Crippen LogP contribution in [0.2, 0.25) is 0 Å². The topological polar surface area (TPSA) is 60.7 Å². The molecule has 0 radical (unpaired) electrons. The maximum absolute atomic E-state index is 12.5. The Bertz CT molecular complexity index is 1200. The molecule has 1 aliphatic rings. The molecule has 0 N–H and O–H groups in total. The molecule has 0 fully saturated rings. The lowest BCUT2D eigenvalue weighted by Gasteiger charge is -2.03. The third-order valence-electron chi connectivity index (χ3n) is 4.55. The number of nitrogens with zero attached hydrogens (tertiary/aromatic N) is 2. The molecule has 5 rings (SSSR count). The van der Waals surface area contributed by atoms with Crippen molar-refractivity contribution in [3.05, 3.63) is 67.8 Å². The van der Waals surface area contributed by atoms with Gasteiger partial charge >= 0.3 is 5.97 Å². The molecule has 130 valence electrons. The lowest BCUT2D eigenvalue weighted by Crippen LogP contribution is -2.15. The Labute approximate surface area is 156 Å². The summed E-state index contributed by atoms with van der Waals surface area (Å²) in [6, 6.07) is 11.1. The van der Waals surface area contributed by atoms with Crippen LogP contribution < -0.4 is 5.56 Å². The number of ether oxygens (including phenoxy) is 1. The number of benzene rings is 1. The second-order valence-electron chi connectivity index (χ2n) is 6.26. The Hall–Kier alpha value is -2.51. The van der Waals surface area contributed by atoms with E-state index in [0.29, 0.717) is 15.5 Å². The maximum Gasteiger partial charge on any atom is 0.348 e. The van der Waals surface area contributed by atoms with Gasteiger partial charge in [-0.25, -0.2) is 9.78 Å². The molecule has 0 spiro atoms. The molecule has 3 heterocycles. The monoisotopic (exact) mass is 382 g/mol. The minimum absolute atomic E-state index is 0.00137. The Kier molecular flexibility index (Phi) is 3.65. The molecule has 1 aliphatic carbocycles. The highest BCUT2D eigenvalue weighted by molar-refractivity contribution is 7.23. The zero-order chi connectivity index (χ0) is 17.7. The van der Waals surface area contributed by atoms with Crippen molar-refractivity contribution in [2.45, 2.75) is 25.9 Å². The first-order valence-electron chi connectivity index (χ1n) is 8.38. The minimum Gasteiger partial charge on any atom is -0.455 e. The molecular weight excluding hydrogens is 368 g/mol. The van der Waals surface area contributed by atoms with Crippen molar-refractivity contribution in [3.8, 4) is 0 Å². The van der Waals surface area contributed by atoms with Crippen molar-refractivity contribution in [2.24, 2.45) is 0 Å². The first kappa shape index (κ1) is 15.7. The van der Waals surface area contributed by atoms with Gasteiger partial charge in [0, 0.05) is 10.9 Å². The predicted octanol–water partition coefficient (Wildman–Crippen LogP) is 3.82. The van der Waals surface area contributed by atoms with Gasteiger partial charge in [0.05, 0.1) is 15.9 Å². The summed E-state index contributed by atoms with van der Waals surface area (Å²) in [6.45, 7) is 0.00137. The fraction of sp³-hybridized carbons (Fsp3) is 0.211. The van der Waals surface area contributed by atoms with Crippen molar-refractivity contribution in [1.29, 1.82) is 0 Å². The van der Waals surface area contributed by atoms with Crippen LogP contribution in [0.5, 0.6) is 0 Å². The van der Waals surface area contributed by atoms with Crippen LogP contribution in [0.15, 0.2) is 41.2 Å². The largest absolute Gasteiger partial charge is 0.455 e. The first-order valence-corrected chi connectivity index (χ1v) is 10.0. The number of hydrogen-bond acceptors (Lipinski definition) is 6. The van der Waals surface area contributed by atoms with Crippen LogP contribution >= 0.6 is 22.7 Å². The molecule has 4 aromatic rings. The molecule has 5 nitrogen and oxygen atoms in total. The van der Waals surface area contributed by atoms with E-state index in [4.69, 9.17) is 4.74 Å². The molecule has 0 saturated carbocycles. The van der Waals surface area contributed by atoms with E-state index in [1.165, 1.54) is 45.6 Å². The molecule has 26 heavy (non-hydrogen) atoms. The average Bonchev–Trinajstić information content (AvgIpc) is 3.31. The number of aryl methyl sites for hydroxylation is 2. The quantitative estimate of drug-likeness (QED) is 0.506. The van der Waals surface area contributed by atoms with Gasteiger partial charge in [-0.2, -0.15) is 0 Å². The smallest absolute Gasteiger partial charge is 0.348 e. The molecule has 0 amide bonds. The van der Waals surface area contributed by atoms with Crippen molar-refractivity contribution in [1.82, 2.24) is 9.38 Å².